The van der Waals surface area contributed by atoms with Gasteiger partial charge in [0.1, 0.15) is 8.22 Å². The van der Waals surface area contributed by atoms with Gasteiger partial charge in [-0.05, 0) is 12.8 Å². The monoisotopic (exact) mass is 554 g/mol. The van der Waals surface area contributed by atoms with Gasteiger partial charge in [0.25, 0.3) is 0 Å². The van der Waals surface area contributed by atoms with Crippen molar-refractivity contribution in [3.63, 3.8) is 0 Å². The van der Waals surface area contributed by atoms with Gasteiger partial charge in [-0.2, -0.15) is 0 Å². The Kier molecular flexibility index (Phi) is 7.76. The molecular weight excluding hydrogens is 534 g/mol. The fourth-order valence-electron chi connectivity index (χ4n) is 2.67. The molecule has 9 heteroatoms. The number of rotatable bonds is 8. The maximum atomic E-state index is 12.2. The lowest BCUT2D eigenvalue weighted by atomic mass is 9.79. The molecule has 1 aliphatic carbocycles. The average molecular weight is 554 g/mol. The lowest BCUT2D eigenvalue weighted by Gasteiger charge is -2.26. The van der Waals surface area contributed by atoms with Gasteiger partial charge in [0.15, 0.2) is 0 Å². The first-order valence-corrected chi connectivity index (χ1v) is 10.0. The minimum Gasteiger partial charge on any atom is -0.465 e. The number of aliphatic hydroxyl groups is 2. The second kappa shape index (κ2) is 9.11. The number of halogens is 2. The molecule has 23 heavy (non-hydrogen) atoms. The highest BCUT2D eigenvalue weighted by Crippen LogP contribution is 2.43. The van der Waals surface area contributed by atoms with E-state index >= 15 is 0 Å². The number of fused-ring (bicyclic) bond motifs is 1. The molecule has 132 valence electrons. The van der Waals surface area contributed by atoms with Crippen LogP contribution in [0.15, 0.2) is 0 Å². The van der Waals surface area contributed by atoms with Crippen LogP contribution in [0.5, 0.6) is 0 Å². The summed E-state index contributed by atoms with van der Waals surface area (Å²) < 4.78 is 14.6. The van der Waals surface area contributed by atoms with Gasteiger partial charge < -0.3 is 24.4 Å². The van der Waals surface area contributed by atoms with E-state index in [4.69, 9.17) is 14.2 Å². The summed E-state index contributed by atoms with van der Waals surface area (Å²) in [6.45, 7) is 0.244. The lowest BCUT2D eigenvalue weighted by Crippen LogP contribution is -2.38. The quantitative estimate of drug-likeness (QED) is 0.201. The Morgan fingerprint density at radius 1 is 0.957 bits per heavy atom. The zero-order valence-corrected chi connectivity index (χ0v) is 16.7. The summed E-state index contributed by atoms with van der Waals surface area (Å²) in [5.74, 6) is -2.01. The van der Waals surface area contributed by atoms with Crippen LogP contribution in [-0.4, -0.2) is 55.8 Å². The van der Waals surface area contributed by atoms with Crippen molar-refractivity contribution in [2.45, 2.75) is 46.1 Å². The molecule has 0 aromatic rings. The summed E-state index contributed by atoms with van der Waals surface area (Å²) >= 11 is 3.68. The predicted molar refractivity (Wildman–Crippen MR) is 96.1 cm³/mol. The Morgan fingerprint density at radius 2 is 1.35 bits per heavy atom. The number of aliphatic hydroxyl groups excluding tert-OH is 2. The van der Waals surface area contributed by atoms with Crippen molar-refractivity contribution < 1.29 is 34.0 Å². The molecule has 0 spiro atoms. The van der Waals surface area contributed by atoms with E-state index in [1.807, 2.05) is 45.2 Å². The first kappa shape index (κ1) is 19.6. The van der Waals surface area contributed by atoms with Gasteiger partial charge in [0, 0.05) is 12.8 Å². The Hall–Kier alpha value is 0.280. The molecule has 1 saturated carbocycles. The van der Waals surface area contributed by atoms with E-state index in [9.17, 15) is 19.8 Å². The number of carbonyl (C=O) groups excluding carboxylic acids is 2. The maximum Gasteiger partial charge on any atom is 0.309 e. The third kappa shape index (κ3) is 6.25. The SMILES string of the molecule is O=C(OCCC(O)I)C1CC2OC2CC1C(=O)OCCC(O)I. The molecule has 0 aromatic carbocycles. The summed E-state index contributed by atoms with van der Waals surface area (Å²) in [6.07, 6.45) is 1.69. The van der Waals surface area contributed by atoms with Gasteiger partial charge in [0.05, 0.1) is 37.3 Å². The molecule has 2 N–H and O–H groups in total. The molecule has 0 aromatic heterocycles. The van der Waals surface area contributed by atoms with Crippen LogP contribution in [0.25, 0.3) is 0 Å². The van der Waals surface area contributed by atoms with Gasteiger partial charge in [-0.15, -0.1) is 0 Å². The van der Waals surface area contributed by atoms with Crippen LogP contribution in [0.3, 0.4) is 0 Å². The largest absolute Gasteiger partial charge is 0.465 e. The second-order valence-electron chi connectivity index (χ2n) is 5.68. The maximum absolute atomic E-state index is 12.2. The lowest BCUT2D eigenvalue weighted by molar-refractivity contribution is -0.162. The first-order valence-electron chi connectivity index (χ1n) is 7.51. The van der Waals surface area contributed by atoms with Crippen molar-refractivity contribution >= 4 is 57.1 Å². The summed E-state index contributed by atoms with van der Waals surface area (Å²) in [4.78, 5) is 24.5. The van der Waals surface area contributed by atoms with Crippen LogP contribution in [0, 0.1) is 11.8 Å². The van der Waals surface area contributed by atoms with Crippen molar-refractivity contribution in [3.8, 4) is 0 Å². The molecular formula is C14H20I2O7. The fourth-order valence-corrected chi connectivity index (χ4v) is 3.18. The van der Waals surface area contributed by atoms with Crippen LogP contribution in [-0.2, 0) is 23.8 Å². The van der Waals surface area contributed by atoms with Crippen molar-refractivity contribution in [1.82, 2.24) is 0 Å². The van der Waals surface area contributed by atoms with Crippen LogP contribution < -0.4 is 0 Å². The third-order valence-corrected chi connectivity index (χ3v) is 5.20. The van der Waals surface area contributed by atoms with Crippen LogP contribution >= 0.6 is 45.2 Å². The highest BCUT2D eigenvalue weighted by molar-refractivity contribution is 14.1. The van der Waals surface area contributed by atoms with E-state index in [0.717, 1.165) is 0 Å². The Bertz CT molecular complexity index is 391. The summed E-state index contributed by atoms with van der Waals surface area (Å²) in [5.41, 5.74) is 0. The Morgan fingerprint density at radius 3 is 1.70 bits per heavy atom. The standard InChI is InChI=1S/C14H20I2O7/c15-11(17)1-3-21-13(19)7-5-9-10(23-9)6-8(7)14(20)22-4-2-12(16)18/h7-12,17-18H,1-6H2. The van der Waals surface area contributed by atoms with Gasteiger partial charge in [-0.25, -0.2) is 0 Å². The highest BCUT2D eigenvalue weighted by atomic mass is 127. The van der Waals surface area contributed by atoms with Crippen molar-refractivity contribution in [2.75, 3.05) is 13.2 Å². The average Bonchev–Trinajstić information content (AvgIpc) is 3.23. The smallest absolute Gasteiger partial charge is 0.309 e. The van der Waals surface area contributed by atoms with Gasteiger partial charge in [-0.3, -0.25) is 9.59 Å². The normalized spacial score (nSPS) is 31.7. The first-order chi connectivity index (χ1) is 10.9. The van der Waals surface area contributed by atoms with E-state index in [1.54, 1.807) is 0 Å². The molecule has 0 amide bonds. The van der Waals surface area contributed by atoms with E-state index in [0.29, 0.717) is 25.7 Å². The number of hydrogen-bond donors (Lipinski definition) is 2. The van der Waals surface area contributed by atoms with Gasteiger partial charge in [-0.1, -0.05) is 45.2 Å². The molecule has 6 unspecified atom stereocenters. The number of ether oxygens (including phenoxy) is 3. The zero-order valence-electron chi connectivity index (χ0n) is 12.4. The summed E-state index contributed by atoms with van der Waals surface area (Å²) in [5, 5.41) is 18.4. The molecule has 2 rings (SSSR count). The number of hydrogen-bond acceptors (Lipinski definition) is 7. The van der Waals surface area contributed by atoms with Crippen molar-refractivity contribution in [3.05, 3.63) is 0 Å². The number of esters is 2. The van der Waals surface area contributed by atoms with Gasteiger partial charge >= 0.3 is 11.9 Å². The van der Waals surface area contributed by atoms with E-state index in [-0.39, 0.29) is 25.4 Å². The van der Waals surface area contributed by atoms with Crippen LogP contribution in [0.2, 0.25) is 0 Å². The molecule has 1 saturated heterocycles. The van der Waals surface area contributed by atoms with E-state index in [2.05, 4.69) is 0 Å². The molecule has 2 fully saturated rings. The van der Waals surface area contributed by atoms with Crippen LogP contribution in [0.4, 0.5) is 0 Å². The number of carbonyl (C=O) groups is 2. The van der Waals surface area contributed by atoms with Crippen LogP contribution in [0.1, 0.15) is 25.7 Å². The van der Waals surface area contributed by atoms with E-state index in [1.165, 1.54) is 0 Å². The molecule has 1 aliphatic heterocycles. The summed E-state index contributed by atoms with van der Waals surface area (Å²) in [7, 11) is 0. The van der Waals surface area contributed by atoms with Gasteiger partial charge in [0.2, 0.25) is 0 Å². The summed E-state index contributed by atoms with van der Waals surface area (Å²) in [6, 6.07) is 0. The van der Waals surface area contributed by atoms with E-state index < -0.39 is 32.0 Å². The predicted octanol–water partition coefficient (Wildman–Crippen LogP) is 1.15. The number of epoxide rings is 1. The molecule has 0 radical (unpaired) electrons. The second-order valence-corrected chi connectivity index (χ2v) is 8.55. The third-order valence-electron chi connectivity index (χ3n) is 3.95. The molecule has 1 heterocycles. The Labute approximate surface area is 161 Å². The molecule has 0 bridgehead atoms. The molecule has 6 atom stereocenters. The van der Waals surface area contributed by atoms with Crippen molar-refractivity contribution in [2.24, 2.45) is 11.8 Å². The molecule has 7 nitrogen and oxygen atoms in total. The van der Waals surface area contributed by atoms with Crippen molar-refractivity contribution in [1.29, 1.82) is 0 Å². The minimum atomic E-state index is -0.567. The fraction of sp³-hybridized carbons (Fsp3) is 0.857. The zero-order chi connectivity index (χ0) is 17.0. The Balaban J connectivity index is 1.86. The highest BCUT2D eigenvalue weighted by Gasteiger charge is 2.53. The number of alkyl halides is 2. The molecule has 2 aliphatic rings. The minimum absolute atomic E-state index is 0.0305. The topological polar surface area (TPSA) is 106 Å².